The standard InChI is InChI=1S/C3H7NO3S2/c1-8-9-4(2-5)3(6)7/h5H,2H2,1H3,(H,6,7). The highest BCUT2D eigenvalue weighted by atomic mass is 33.1. The Kier molecular flexibility index (Phi) is 4.74. The molecule has 6 heteroatoms. The fraction of sp³-hybridized carbons (Fsp3) is 0.667. The SMILES string of the molecule is CSSN(CO)C(=O)O. The van der Waals surface area contributed by atoms with Gasteiger partial charge in [-0.25, -0.2) is 9.10 Å². The minimum absolute atomic E-state index is 0.471. The van der Waals surface area contributed by atoms with Crippen LogP contribution in [0.15, 0.2) is 0 Å². The minimum Gasteiger partial charge on any atom is -0.464 e. The van der Waals surface area contributed by atoms with Gasteiger partial charge in [-0.05, 0) is 6.26 Å². The first-order chi connectivity index (χ1) is 4.22. The molecule has 4 nitrogen and oxygen atoms in total. The lowest BCUT2D eigenvalue weighted by molar-refractivity contribution is 0.139. The Labute approximate surface area is 60.8 Å². The van der Waals surface area contributed by atoms with E-state index in [1.165, 1.54) is 10.8 Å². The maximum absolute atomic E-state index is 10.1. The maximum Gasteiger partial charge on any atom is 0.420 e. The maximum atomic E-state index is 10.1. The predicted molar refractivity (Wildman–Crippen MR) is 38.1 cm³/mol. The minimum atomic E-state index is -1.13. The summed E-state index contributed by atoms with van der Waals surface area (Å²) in [4.78, 5) is 10.1. The third kappa shape index (κ3) is 3.50. The Morgan fingerprint density at radius 1 is 1.78 bits per heavy atom. The second kappa shape index (κ2) is 4.78. The molecule has 0 aliphatic carbocycles. The van der Waals surface area contributed by atoms with Crippen LogP contribution in [0.3, 0.4) is 0 Å². The molecule has 0 saturated carbocycles. The summed E-state index contributed by atoms with van der Waals surface area (Å²) < 4.78 is 0.824. The van der Waals surface area contributed by atoms with Crippen molar-refractivity contribution in [3.05, 3.63) is 0 Å². The highest BCUT2D eigenvalue weighted by Crippen LogP contribution is 2.21. The van der Waals surface area contributed by atoms with Crippen molar-refractivity contribution < 1.29 is 15.0 Å². The quantitative estimate of drug-likeness (QED) is 0.372. The molecule has 9 heavy (non-hydrogen) atoms. The van der Waals surface area contributed by atoms with E-state index in [4.69, 9.17) is 10.2 Å². The summed E-state index contributed by atoms with van der Waals surface area (Å²) in [7, 11) is 2.25. The number of aliphatic hydroxyl groups excluding tert-OH is 1. The number of hydrogen-bond acceptors (Lipinski definition) is 4. The van der Waals surface area contributed by atoms with E-state index in [1.807, 2.05) is 0 Å². The van der Waals surface area contributed by atoms with E-state index < -0.39 is 12.8 Å². The van der Waals surface area contributed by atoms with Crippen molar-refractivity contribution in [3.63, 3.8) is 0 Å². The van der Waals surface area contributed by atoms with Crippen LogP contribution >= 0.6 is 21.8 Å². The van der Waals surface area contributed by atoms with E-state index in [-0.39, 0.29) is 0 Å². The van der Waals surface area contributed by atoms with Gasteiger partial charge >= 0.3 is 6.09 Å². The van der Waals surface area contributed by atoms with Gasteiger partial charge in [0.05, 0.1) is 0 Å². The molecule has 54 valence electrons. The molecule has 0 aliphatic rings. The molecule has 0 saturated heterocycles. The van der Waals surface area contributed by atoms with Gasteiger partial charge in [0.25, 0.3) is 0 Å². The normalized spacial score (nSPS) is 9.11. The van der Waals surface area contributed by atoms with Gasteiger partial charge in [-0.1, -0.05) is 10.8 Å². The van der Waals surface area contributed by atoms with Crippen molar-refractivity contribution in [2.75, 3.05) is 13.0 Å². The molecular weight excluding hydrogens is 162 g/mol. The highest BCUT2D eigenvalue weighted by molar-refractivity contribution is 8.75. The van der Waals surface area contributed by atoms with E-state index in [0.29, 0.717) is 0 Å². The van der Waals surface area contributed by atoms with Crippen LogP contribution in [0, 0.1) is 0 Å². The lowest BCUT2D eigenvalue weighted by Gasteiger charge is -2.10. The van der Waals surface area contributed by atoms with Crippen LogP contribution in [0.2, 0.25) is 0 Å². The first-order valence-corrected chi connectivity index (χ1v) is 4.56. The molecule has 0 aromatic rings. The lowest BCUT2D eigenvalue weighted by atomic mass is 11.1. The third-order valence-corrected chi connectivity index (χ3v) is 2.09. The van der Waals surface area contributed by atoms with E-state index in [9.17, 15) is 4.79 Å². The molecule has 0 bridgehead atoms. The topological polar surface area (TPSA) is 60.8 Å². The molecular formula is C3H7NO3S2. The van der Waals surface area contributed by atoms with Crippen molar-refractivity contribution in [2.45, 2.75) is 0 Å². The van der Waals surface area contributed by atoms with Crippen molar-refractivity contribution in [2.24, 2.45) is 0 Å². The molecule has 1 amide bonds. The largest absolute Gasteiger partial charge is 0.464 e. The Bertz CT molecular complexity index is 99.1. The molecule has 0 unspecified atom stereocenters. The number of nitrogens with zero attached hydrogens (tertiary/aromatic N) is 1. The monoisotopic (exact) mass is 169 g/mol. The van der Waals surface area contributed by atoms with Crippen LogP contribution in [0.1, 0.15) is 0 Å². The number of amides is 1. The summed E-state index contributed by atoms with van der Waals surface area (Å²) in [5.74, 6) is 0. The molecule has 0 aromatic carbocycles. The lowest BCUT2D eigenvalue weighted by Crippen LogP contribution is -2.21. The number of carbonyl (C=O) groups is 1. The highest BCUT2D eigenvalue weighted by Gasteiger charge is 2.08. The van der Waals surface area contributed by atoms with Gasteiger partial charge in [0, 0.05) is 11.0 Å². The number of rotatable bonds is 3. The zero-order valence-electron chi connectivity index (χ0n) is 4.77. The van der Waals surface area contributed by atoms with Gasteiger partial charge in [-0.3, -0.25) is 0 Å². The Morgan fingerprint density at radius 2 is 2.33 bits per heavy atom. The summed E-state index contributed by atoms with van der Waals surface area (Å²) in [6.07, 6.45) is 0.604. The molecule has 0 radical (unpaired) electrons. The van der Waals surface area contributed by atoms with E-state index in [2.05, 4.69) is 0 Å². The smallest absolute Gasteiger partial charge is 0.420 e. The molecule has 0 fully saturated rings. The molecule has 0 atom stereocenters. The first kappa shape index (κ1) is 8.93. The van der Waals surface area contributed by atoms with Crippen molar-refractivity contribution in [1.29, 1.82) is 0 Å². The number of carboxylic acid groups (broad SMARTS) is 1. The van der Waals surface area contributed by atoms with Crippen LogP contribution in [-0.4, -0.2) is 33.6 Å². The Balaban J connectivity index is 3.54. The summed E-state index contributed by atoms with van der Waals surface area (Å²) in [6, 6.07) is 0. The van der Waals surface area contributed by atoms with Crippen LogP contribution in [0.4, 0.5) is 4.79 Å². The fourth-order valence-electron chi connectivity index (χ4n) is 0.206. The molecule has 0 rings (SSSR count). The number of aliphatic hydroxyl groups is 1. The molecule has 2 N–H and O–H groups in total. The first-order valence-electron chi connectivity index (χ1n) is 2.04. The predicted octanol–water partition coefficient (Wildman–Crippen LogP) is 0.842. The summed E-state index contributed by atoms with van der Waals surface area (Å²) >= 11 is 0. The summed E-state index contributed by atoms with van der Waals surface area (Å²) in [5, 5.41) is 16.6. The summed E-state index contributed by atoms with van der Waals surface area (Å²) in [6.45, 7) is -0.471. The molecule has 0 aromatic heterocycles. The van der Waals surface area contributed by atoms with Crippen molar-refractivity contribution in [3.8, 4) is 0 Å². The van der Waals surface area contributed by atoms with Gasteiger partial charge in [0.1, 0.15) is 6.73 Å². The van der Waals surface area contributed by atoms with E-state index in [0.717, 1.165) is 15.3 Å². The van der Waals surface area contributed by atoms with Gasteiger partial charge in [-0.2, -0.15) is 0 Å². The zero-order valence-corrected chi connectivity index (χ0v) is 6.41. The fourth-order valence-corrected chi connectivity index (χ4v) is 1.37. The second-order valence-corrected chi connectivity index (χ2v) is 3.41. The average Bonchev–Trinajstić information content (AvgIpc) is 1.82. The number of hydrogen-bond donors (Lipinski definition) is 2. The van der Waals surface area contributed by atoms with E-state index in [1.54, 1.807) is 6.26 Å². The molecule has 0 spiro atoms. The average molecular weight is 169 g/mol. The Hall–Kier alpha value is -0.0700. The molecule has 0 heterocycles. The summed E-state index contributed by atoms with van der Waals surface area (Å²) in [5.41, 5.74) is 0. The van der Waals surface area contributed by atoms with Crippen LogP contribution in [0.5, 0.6) is 0 Å². The zero-order chi connectivity index (χ0) is 7.28. The molecule has 0 aliphatic heterocycles. The van der Waals surface area contributed by atoms with Gasteiger partial charge < -0.3 is 10.2 Å². The third-order valence-electron chi connectivity index (χ3n) is 0.506. The van der Waals surface area contributed by atoms with Crippen molar-refractivity contribution in [1.82, 2.24) is 4.31 Å². The van der Waals surface area contributed by atoms with Gasteiger partial charge in [-0.15, -0.1) is 0 Å². The van der Waals surface area contributed by atoms with Crippen LogP contribution in [-0.2, 0) is 0 Å². The van der Waals surface area contributed by atoms with Crippen molar-refractivity contribution >= 4 is 27.9 Å². The van der Waals surface area contributed by atoms with Gasteiger partial charge in [0.15, 0.2) is 0 Å². The van der Waals surface area contributed by atoms with Gasteiger partial charge in [0.2, 0.25) is 0 Å². The Morgan fingerprint density at radius 3 is 2.44 bits per heavy atom. The van der Waals surface area contributed by atoms with Crippen LogP contribution < -0.4 is 0 Å². The second-order valence-electron chi connectivity index (χ2n) is 1.04. The van der Waals surface area contributed by atoms with Crippen LogP contribution in [0.25, 0.3) is 0 Å². The van der Waals surface area contributed by atoms with E-state index >= 15 is 0 Å².